The van der Waals surface area contributed by atoms with Crippen LogP contribution in [0, 0.1) is 17.5 Å². The summed E-state index contributed by atoms with van der Waals surface area (Å²) in [6.07, 6.45) is -0.437. The van der Waals surface area contributed by atoms with Gasteiger partial charge in [-0.2, -0.15) is 0 Å². The van der Waals surface area contributed by atoms with Gasteiger partial charge in [-0.15, -0.1) is 0 Å². The topological polar surface area (TPSA) is 92.9 Å². The Labute approximate surface area is 188 Å². The van der Waals surface area contributed by atoms with E-state index in [4.69, 9.17) is 10.5 Å². The van der Waals surface area contributed by atoms with Crippen LogP contribution in [-0.2, 0) is 32.1 Å². The fourth-order valence-corrected chi connectivity index (χ4v) is 3.67. The number of halogens is 3. The highest BCUT2D eigenvalue weighted by molar-refractivity contribution is 6.01. The summed E-state index contributed by atoms with van der Waals surface area (Å²) in [6.45, 7) is 1.35. The number of hydrogen-bond acceptors (Lipinski definition) is 5. The molecule has 7 nitrogen and oxygen atoms in total. The first-order valence-electron chi connectivity index (χ1n) is 10.4. The second-order valence-electron chi connectivity index (χ2n) is 7.69. The number of nitrogens with zero attached hydrogens (tertiary/aromatic N) is 2. The highest BCUT2D eigenvalue weighted by Crippen LogP contribution is 2.26. The summed E-state index contributed by atoms with van der Waals surface area (Å²) in [4.78, 5) is 40.4. The number of nitrogens with two attached hydrogens (primary N) is 1. The van der Waals surface area contributed by atoms with Crippen LogP contribution in [0.5, 0.6) is 0 Å². The molecule has 2 N–H and O–H groups in total. The van der Waals surface area contributed by atoms with E-state index in [0.29, 0.717) is 23.4 Å². The lowest BCUT2D eigenvalue weighted by Crippen LogP contribution is -2.43. The molecule has 1 aliphatic heterocycles. The van der Waals surface area contributed by atoms with E-state index in [0.717, 1.165) is 0 Å². The van der Waals surface area contributed by atoms with E-state index in [1.165, 1.54) is 9.80 Å². The molecule has 1 heterocycles. The number of carbonyl (C=O) groups is 3. The number of benzene rings is 2. The zero-order valence-corrected chi connectivity index (χ0v) is 18.0. The van der Waals surface area contributed by atoms with E-state index in [1.54, 1.807) is 31.2 Å². The van der Waals surface area contributed by atoms with Crippen molar-refractivity contribution in [1.82, 2.24) is 4.90 Å². The summed E-state index contributed by atoms with van der Waals surface area (Å²) in [5.41, 5.74) is 6.99. The molecule has 2 aromatic rings. The number of ether oxygens (including phenoxy) is 1. The summed E-state index contributed by atoms with van der Waals surface area (Å²) >= 11 is 0. The molecule has 176 valence electrons. The van der Waals surface area contributed by atoms with Crippen molar-refractivity contribution in [2.75, 3.05) is 24.6 Å². The predicted molar refractivity (Wildman–Crippen MR) is 113 cm³/mol. The maximum absolute atomic E-state index is 13.9. The number of para-hydroxylation sites is 1. The van der Waals surface area contributed by atoms with Crippen molar-refractivity contribution < 1.29 is 32.3 Å². The molecule has 10 heteroatoms. The van der Waals surface area contributed by atoms with Crippen LogP contribution in [-0.4, -0.2) is 48.4 Å². The number of amides is 2. The van der Waals surface area contributed by atoms with Crippen LogP contribution in [0.1, 0.15) is 24.5 Å². The van der Waals surface area contributed by atoms with Gasteiger partial charge in [0.2, 0.25) is 11.8 Å². The summed E-state index contributed by atoms with van der Waals surface area (Å²) < 4.78 is 45.4. The number of fused-ring (bicyclic) bond motifs is 1. The van der Waals surface area contributed by atoms with Gasteiger partial charge in [-0.3, -0.25) is 19.3 Å². The van der Waals surface area contributed by atoms with Crippen molar-refractivity contribution in [2.45, 2.75) is 32.4 Å². The van der Waals surface area contributed by atoms with Gasteiger partial charge in [-0.05, 0) is 36.6 Å². The zero-order valence-electron chi connectivity index (χ0n) is 18.0. The van der Waals surface area contributed by atoms with Crippen LogP contribution < -0.4 is 10.6 Å². The highest BCUT2D eigenvalue weighted by atomic mass is 19.2. The van der Waals surface area contributed by atoms with Gasteiger partial charge in [0, 0.05) is 30.8 Å². The van der Waals surface area contributed by atoms with Crippen molar-refractivity contribution in [2.24, 2.45) is 5.73 Å². The molecular formula is C23H24F3N3O4. The monoisotopic (exact) mass is 463 g/mol. The average molecular weight is 463 g/mol. The Morgan fingerprint density at radius 1 is 1.09 bits per heavy atom. The van der Waals surface area contributed by atoms with Gasteiger partial charge in [0.1, 0.15) is 18.9 Å². The van der Waals surface area contributed by atoms with Gasteiger partial charge in [0.05, 0.1) is 6.61 Å². The Balaban J connectivity index is 1.73. The molecule has 1 atom stereocenters. The largest absolute Gasteiger partial charge is 0.465 e. The third-order valence-corrected chi connectivity index (χ3v) is 5.22. The van der Waals surface area contributed by atoms with E-state index < -0.39 is 41.3 Å². The first-order chi connectivity index (χ1) is 15.7. The molecule has 1 aliphatic rings. The van der Waals surface area contributed by atoms with Crippen molar-refractivity contribution in [3.63, 3.8) is 0 Å². The maximum atomic E-state index is 13.9. The van der Waals surface area contributed by atoms with Crippen LogP contribution in [0.2, 0.25) is 0 Å². The summed E-state index contributed by atoms with van der Waals surface area (Å²) in [6, 6.07) is 7.14. The fraction of sp³-hybridized carbons (Fsp3) is 0.348. The second kappa shape index (κ2) is 10.5. The molecule has 2 amide bonds. The van der Waals surface area contributed by atoms with Crippen LogP contribution in [0.3, 0.4) is 0 Å². The average Bonchev–Trinajstić information content (AvgIpc) is 2.89. The fourth-order valence-electron chi connectivity index (χ4n) is 3.67. The molecule has 0 unspecified atom stereocenters. The van der Waals surface area contributed by atoms with Crippen LogP contribution in [0.15, 0.2) is 36.4 Å². The minimum absolute atomic E-state index is 0.104. The predicted octanol–water partition coefficient (Wildman–Crippen LogP) is 2.30. The van der Waals surface area contributed by atoms with E-state index >= 15 is 0 Å². The molecular weight excluding hydrogens is 439 g/mol. The van der Waals surface area contributed by atoms with Crippen molar-refractivity contribution in [3.8, 4) is 0 Å². The lowest BCUT2D eigenvalue weighted by atomic mass is 10.0. The Morgan fingerprint density at radius 3 is 2.52 bits per heavy atom. The van der Waals surface area contributed by atoms with Gasteiger partial charge >= 0.3 is 5.97 Å². The molecule has 0 fully saturated rings. The van der Waals surface area contributed by atoms with Crippen LogP contribution in [0.25, 0.3) is 0 Å². The standard InChI is InChI=1S/C23H24F3N3O4/c1-2-33-23(32)13-29-20-6-4-3-5-14(20)11-28(12-22(29)31)21(30)9-16(27)7-15-8-18(25)19(26)10-17(15)24/h3-6,8,10,16H,2,7,9,11-13,27H2,1H3/t16-/m1/s1. The number of rotatable bonds is 7. The minimum atomic E-state index is -1.31. The molecule has 0 saturated heterocycles. The Bertz CT molecular complexity index is 1060. The highest BCUT2D eigenvalue weighted by Gasteiger charge is 2.30. The third-order valence-electron chi connectivity index (χ3n) is 5.22. The molecule has 3 rings (SSSR count). The summed E-state index contributed by atoms with van der Waals surface area (Å²) in [7, 11) is 0. The van der Waals surface area contributed by atoms with Gasteiger partial charge in [-0.1, -0.05) is 18.2 Å². The minimum Gasteiger partial charge on any atom is -0.465 e. The molecule has 33 heavy (non-hydrogen) atoms. The molecule has 0 radical (unpaired) electrons. The van der Waals surface area contributed by atoms with Crippen molar-refractivity contribution in [1.29, 1.82) is 0 Å². The third kappa shape index (κ3) is 5.89. The lowest BCUT2D eigenvalue weighted by Gasteiger charge is -2.23. The normalized spacial score (nSPS) is 14.5. The van der Waals surface area contributed by atoms with Gasteiger partial charge in [-0.25, -0.2) is 13.2 Å². The molecule has 0 aromatic heterocycles. The quantitative estimate of drug-likeness (QED) is 0.503. The van der Waals surface area contributed by atoms with Gasteiger partial charge in [0.15, 0.2) is 11.6 Å². The van der Waals surface area contributed by atoms with Crippen molar-refractivity contribution >= 4 is 23.5 Å². The van der Waals surface area contributed by atoms with E-state index in [-0.39, 0.29) is 44.6 Å². The number of esters is 1. The van der Waals surface area contributed by atoms with E-state index in [9.17, 15) is 27.6 Å². The van der Waals surface area contributed by atoms with Gasteiger partial charge < -0.3 is 15.4 Å². The Kier molecular flexibility index (Phi) is 7.70. The molecule has 2 aromatic carbocycles. The molecule has 0 bridgehead atoms. The number of hydrogen-bond donors (Lipinski definition) is 1. The summed E-state index contributed by atoms with van der Waals surface area (Å²) in [5, 5.41) is 0. The van der Waals surface area contributed by atoms with E-state index in [2.05, 4.69) is 0 Å². The first kappa shape index (κ1) is 24.2. The van der Waals surface area contributed by atoms with Crippen LogP contribution in [0.4, 0.5) is 18.9 Å². The lowest BCUT2D eigenvalue weighted by molar-refractivity contribution is -0.142. The van der Waals surface area contributed by atoms with Crippen molar-refractivity contribution in [3.05, 3.63) is 65.0 Å². The van der Waals surface area contributed by atoms with Crippen LogP contribution >= 0.6 is 0 Å². The first-order valence-corrected chi connectivity index (χ1v) is 10.4. The molecule has 0 saturated carbocycles. The SMILES string of the molecule is CCOC(=O)CN1C(=O)CN(C(=O)C[C@H](N)Cc2cc(F)c(F)cc2F)Cc2ccccc21. The number of anilines is 1. The Morgan fingerprint density at radius 2 is 1.79 bits per heavy atom. The second-order valence-corrected chi connectivity index (χ2v) is 7.69. The number of carbonyl (C=O) groups excluding carboxylic acids is 3. The van der Waals surface area contributed by atoms with Gasteiger partial charge in [0.25, 0.3) is 0 Å². The van der Waals surface area contributed by atoms with E-state index in [1.807, 2.05) is 0 Å². The summed E-state index contributed by atoms with van der Waals surface area (Å²) in [5.74, 6) is -4.98. The smallest absolute Gasteiger partial charge is 0.326 e. The Hall–Kier alpha value is -3.40. The zero-order chi connectivity index (χ0) is 24.1. The maximum Gasteiger partial charge on any atom is 0.326 e. The molecule has 0 spiro atoms. The molecule has 0 aliphatic carbocycles.